The lowest BCUT2D eigenvalue weighted by atomic mass is 10.2. The quantitative estimate of drug-likeness (QED) is 0.394. The molecule has 0 aliphatic heterocycles. The number of thiophene rings is 1. The topological polar surface area (TPSA) is 73.9 Å². The van der Waals surface area contributed by atoms with Gasteiger partial charge in [0.15, 0.2) is 0 Å². The normalized spacial score (nSPS) is 11.0. The zero-order valence-corrected chi connectivity index (χ0v) is 14.3. The third-order valence-corrected chi connectivity index (χ3v) is 5.16. The summed E-state index contributed by atoms with van der Waals surface area (Å²) in [4.78, 5) is 14.0. The van der Waals surface area contributed by atoms with Gasteiger partial charge in [-0.3, -0.25) is 0 Å². The molecule has 0 aliphatic rings. The van der Waals surface area contributed by atoms with Crippen LogP contribution in [0.25, 0.3) is 21.6 Å². The van der Waals surface area contributed by atoms with Crippen LogP contribution in [0, 0.1) is 0 Å². The van der Waals surface area contributed by atoms with Gasteiger partial charge in [-0.25, -0.2) is 9.97 Å². The number of aromatic nitrogens is 4. The summed E-state index contributed by atoms with van der Waals surface area (Å²) in [6, 6.07) is 9.59. The molecule has 24 heavy (non-hydrogen) atoms. The molecule has 6 nitrogen and oxygen atoms in total. The Labute approximate surface area is 145 Å². The molecule has 0 fully saturated rings. The van der Waals surface area contributed by atoms with Gasteiger partial charge in [-0.1, -0.05) is 29.1 Å². The molecular weight excluding hydrogens is 344 g/mol. The number of ether oxygens (including phenoxy) is 1. The van der Waals surface area contributed by atoms with Crippen molar-refractivity contribution in [3.05, 3.63) is 47.9 Å². The molecule has 0 bridgehead atoms. The third-order valence-electron chi connectivity index (χ3n) is 3.35. The third kappa shape index (κ3) is 2.98. The minimum atomic E-state index is 0.549. The molecule has 4 rings (SSSR count). The van der Waals surface area contributed by atoms with Gasteiger partial charge in [-0.15, -0.1) is 11.3 Å². The maximum atomic E-state index is 5.34. The predicted molar refractivity (Wildman–Crippen MR) is 93.3 cm³/mol. The van der Waals surface area contributed by atoms with E-state index in [0.29, 0.717) is 17.5 Å². The van der Waals surface area contributed by atoms with Gasteiger partial charge >= 0.3 is 0 Å². The average molecular weight is 356 g/mol. The molecule has 8 heteroatoms. The van der Waals surface area contributed by atoms with Crippen molar-refractivity contribution >= 4 is 33.3 Å². The van der Waals surface area contributed by atoms with Crippen LogP contribution in [0.3, 0.4) is 0 Å². The minimum absolute atomic E-state index is 0.549. The summed E-state index contributed by atoms with van der Waals surface area (Å²) in [5.41, 5.74) is 0.858. The van der Waals surface area contributed by atoms with Gasteiger partial charge < -0.3 is 9.26 Å². The first-order valence-corrected chi connectivity index (χ1v) is 8.98. The molecule has 3 heterocycles. The Bertz CT molecular complexity index is 983. The molecular formula is C16H12N4O2S2. The molecule has 0 spiro atoms. The van der Waals surface area contributed by atoms with E-state index in [0.717, 1.165) is 26.6 Å². The Morgan fingerprint density at radius 1 is 1.25 bits per heavy atom. The molecule has 3 aromatic heterocycles. The highest BCUT2D eigenvalue weighted by atomic mass is 32.2. The molecule has 4 aromatic rings. The summed E-state index contributed by atoms with van der Waals surface area (Å²) >= 11 is 3.16. The summed E-state index contributed by atoms with van der Waals surface area (Å²) < 4.78 is 10.6. The zero-order valence-electron chi connectivity index (χ0n) is 12.7. The van der Waals surface area contributed by atoms with Gasteiger partial charge in [0.1, 0.15) is 21.9 Å². The molecule has 0 aliphatic carbocycles. The van der Waals surface area contributed by atoms with Crippen molar-refractivity contribution in [2.75, 3.05) is 7.11 Å². The van der Waals surface area contributed by atoms with Crippen molar-refractivity contribution < 1.29 is 9.26 Å². The highest BCUT2D eigenvalue weighted by molar-refractivity contribution is 7.98. The van der Waals surface area contributed by atoms with Gasteiger partial charge in [0.2, 0.25) is 11.7 Å². The van der Waals surface area contributed by atoms with E-state index in [1.807, 2.05) is 35.7 Å². The van der Waals surface area contributed by atoms with E-state index in [1.54, 1.807) is 36.5 Å². The lowest BCUT2D eigenvalue weighted by molar-refractivity contribution is 0.391. The summed E-state index contributed by atoms with van der Waals surface area (Å²) in [6.45, 7) is 0. The van der Waals surface area contributed by atoms with Crippen LogP contribution < -0.4 is 4.74 Å². The van der Waals surface area contributed by atoms with Crippen molar-refractivity contribution in [3.8, 4) is 17.1 Å². The van der Waals surface area contributed by atoms with Crippen LogP contribution >= 0.6 is 23.1 Å². The molecule has 0 N–H and O–H groups in total. The summed E-state index contributed by atoms with van der Waals surface area (Å²) in [7, 11) is 1.63. The standard InChI is InChI=1S/C16H12N4O2S2/c1-21-11-4-2-3-10(7-11)14-19-13(22-20-14)8-24-16-12-5-6-23-15(12)17-9-18-16/h2-7,9H,8H2,1H3. The monoisotopic (exact) mass is 356 g/mol. The number of hydrogen-bond acceptors (Lipinski definition) is 8. The largest absolute Gasteiger partial charge is 0.497 e. The van der Waals surface area contributed by atoms with Crippen LogP contribution in [0.4, 0.5) is 0 Å². The molecule has 0 amide bonds. The highest BCUT2D eigenvalue weighted by Crippen LogP contribution is 2.30. The van der Waals surface area contributed by atoms with Crippen LogP contribution in [0.15, 0.2) is 51.6 Å². The summed E-state index contributed by atoms with van der Waals surface area (Å²) in [6.07, 6.45) is 1.58. The number of thioether (sulfide) groups is 1. The number of rotatable bonds is 5. The van der Waals surface area contributed by atoms with Crippen LogP contribution in [0.5, 0.6) is 5.75 Å². The SMILES string of the molecule is COc1cccc(-c2noc(CSc3ncnc4sccc34)n2)c1. The van der Waals surface area contributed by atoms with Crippen molar-refractivity contribution in [1.82, 2.24) is 20.1 Å². The average Bonchev–Trinajstić information content (AvgIpc) is 3.29. The van der Waals surface area contributed by atoms with E-state index >= 15 is 0 Å². The van der Waals surface area contributed by atoms with Gasteiger partial charge in [0.25, 0.3) is 0 Å². The Morgan fingerprint density at radius 2 is 2.21 bits per heavy atom. The fourth-order valence-electron chi connectivity index (χ4n) is 2.21. The Hall–Kier alpha value is -2.45. The Morgan fingerprint density at radius 3 is 3.12 bits per heavy atom. The van der Waals surface area contributed by atoms with Gasteiger partial charge in [0.05, 0.1) is 12.9 Å². The molecule has 0 atom stereocenters. The first kappa shape index (κ1) is 15.1. The fourth-order valence-corrected chi connectivity index (χ4v) is 3.82. The number of methoxy groups -OCH3 is 1. The Balaban J connectivity index is 1.52. The van der Waals surface area contributed by atoms with Crippen molar-refractivity contribution in [3.63, 3.8) is 0 Å². The zero-order chi connectivity index (χ0) is 16.4. The first-order chi connectivity index (χ1) is 11.8. The molecule has 1 aromatic carbocycles. The summed E-state index contributed by atoms with van der Waals surface area (Å²) in [5.74, 6) is 2.42. The number of nitrogens with zero attached hydrogens (tertiary/aromatic N) is 4. The number of fused-ring (bicyclic) bond motifs is 1. The molecule has 0 radical (unpaired) electrons. The lowest BCUT2D eigenvalue weighted by Crippen LogP contribution is -1.87. The Kier molecular flexibility index (Phi) is 4.14. The van der Waals surface area contributed by atoms with Crippen molar-refractivity contribution in [1.29, 1.82) is 0 Å². The maximum absolute atomic E-state index is 5.34. The second kappa shape index (κ2) is 6.58. The van der Waals surface area contributed by atoms with Gasteiger partial charge in [-0.05, 0) is 23.6 Å². The maximum Gasteiger partial charge on any atom is 0.237 e. The fraction of sp³-hybridized carbons (Fsp3) is 0.125. The smallest absolute Gasteiger partial charge is 0.237 e. The number of hydrogen-bond donors (Lipinski definition) is 0. The number of benzene rings is 1. The minimum Gasteiger partial charge on any atom is -0.497 e. The van der Waals surface area contributed by atoms with Crippen molar-refractivity contribution in [2.24, 2.45) is 0 Å². The second-order valence-corrected chi connectivity index (χ2v) is 6.71. The molecule has 0 saturated heterocycles. The predicted octanol–water partition coefficient (Wildman–Crippen LogP) is 4.04. The second-order valence-electron chi connectivity index (χ2n) is 4.85. The summed E-state index contributed by atoms with van der Waals surface area (Å²) in [5, 5.41) is 8.03. The van der Waals surface area contributed by atoms with E-state index in [4.69, 9.17) is 9.26 Å². The van der Waals surface area contributed by atoms with Crippen molar-refractivity contribution in [2.45, 2.75) is 10.8 Å². The van der Waals surface area contributed by atoms with Crippen LogP contribution in [-0.4, -0.2) is 27.2 Å². The molecule has 0 unspecified atom stereocenters. The van der Waals surface area contributed by atoms with E-state index in [1.165, 1.54) is 0 Å². The van der Waals surface area contributed by atoms with Crippen LogP contribution in [0.1, 0.15) is 5.89 Å². The van der Waals surface area contributed by atoms with Gasteiger partial charge in [-0.2, -0.15) is 4.98 Å². The molecule has 120 valence electrons. The van der Waals surface area contributed by atoms with Crippen LogP contribution in [0.2, 0.25) is 0 Å². The van der Waals surface area contributed by atoms with E-state index < -0.39 is 0 Å². The van der Waals surface area contributed by atoms with E-state index in [-0.39, 0.29) is 0 Å². The van der Waals surface area contributed by atoms with Gasteiger partial charge in [0, 0.05) is 10.9 Å². The first-order valence-electron chi connectivity index (χ1n) is 7.11. The van der Waals surface area contributed by atoms with E-state index in [9.17, 15) is 0 Å². The van der Waals surface area contributed by atoms with Crippen LogP contribution in [-0.2, 0) is 5.75 Å². The lowest BCUT2D eigenvalue weighted by Gasteiger charge is -2.00. The van der Waals surface area contributed by atoms with E-state index in [2.05, 4.69) is 20.1 Å². The molecule has 0 saturated carbocycles. The highest BCUT2D eigenvalue weighted by Gasteiger charge is 2.12.